The van der Waals surface area contributed by atoms with E-state index in [4.69, 9.17) is 0 Å². The number of aryl methyl sites for hydroxylation is 1. The smallest absolute Gasteiger partial charge is 0.276 e. The normalized spacial score (nSPS) is 10.9. The van der Waals surface area contributed by atoms with Crippen LogP contribution in [-0.2, 0) is 6.54 Å². The molecule has 2 rings (SSSR count). The molecular weight excluding hydrogens is 246 g/mol. The highest BCUT2D eigenvalue weighted by atomic mass is 79.9. The van der Waals surface area contributed by atoms with E-state index in [2.05, 4.69) is 21.0 Å². The van der Waals surface area contributed by atoms with Crippen molar-refractivity contribution in [1.82, 2.24) is 14.2 Å². The van der Waals surface area contributed by atoms with Gasteiger partial charge < -0.3 is 4.57 Å². The maximum absolute atomic E-state index is 11.8. The average Bonchev–Trinajstić information content (AvgIpc) is 2.66. The standard InChI is InChI=1S/C9H10BrN3O/c10-3-1-5-12-6-7-13-8(9(12)14)2-4-11-13/h2,4,6-7H,1,3,5H2. The van der Waals surface area contributed by atoms with E-state index in [0.29, 0.717) is 5.52 Å². The summed E-state index contributed by atoms with van der Waals surface area (Å²) in [5, 5.41) is 4.90. The Hall–Kier alpha value is -1.10. The van der Waals surface area contributed by atoms with Crippen LogP contribution in [-0.4, -0.2) is 19.5 Å². The highest BCUT2D eigenvalue weighted by Gasteiger charge is 2.01. The molecule has 4 nitrogen and oxygen atoms in total. The van der Waals surface area contributed by atoms with Gasteiger partial charge in [-0.05, 0) is 12.5 Å². The molecule has 2 aromatic rings. The van der Waals surface area contributed by atoms with E-state index in [1.54, 1.807) is 33.7 Å². The van der Waals surface area contributed by atoms with E-state index in [-0.39, 0.29) is 5.56 Å². The number of hydrogen-bond donors (Lipinski definition) is 0. The third-order valence-electron chi connectivity index (χ3n) is 2.07. The van der Waals surface area contributed by atoms with Gasteiger partial charge >= 0.3 is 0 Å². The molecule has 0 bridgehead atoms. The lowest BCUT2D eigenvalue weighted by Gasteiger charge is -2.03. The molecule has 0 atom stereocenters. The van der Waals surface area contributed by atoms with Crippen LogP contribution in [0, 0.1) is 0 Å². The van der Waals surface area contributed by atoms with Gasteiger partial charge in [-0.3, -0.25) is 4.79 Å². The van der Waals surface area contributed by atoms with Gasteiger partial charge in [0.2, 0.25) is 0 Å². The molecule has 74 valence electrons. The largest absolute Gasteiger partial charge is 0.312 e. The molecule has 0 aliphatic rings. The van der Waals surface area contributed by atoms with Gasteiger partial charge in [-0.25, -0.2) is 4.52 Å². The van der Waals surface area contributed by atoms with E-state index < -0.39 is 0 Å². The van der Waals surface area contributed by atoms with Crippen LogP contribution >= 0.6 is 15.9 Å². The van der Waals surface area contributed by atoms with Gasteiger partial charge in [-0.2, -0.15) is 5.10 Å². The summed E-state index contributed by atoms with van der Waals surface area (Å²) < 4.78 is 3.30. The molecular formula is C9H10BrN3O. The van der Waals surface area contributed by atoms with Crippen LogP contribution < -0.4 is 5.56 Å². The molecule has 0 amide bonds. The number of fused-ring (bicyclic) bond motifs is 1. The van der Waals surface area contributed by atoms with E-state index >= 15 is 0 Å². The van der Waals surface area contributed by atoms with E-state index in [9.17, 15) is 4.79 Å². The minimum Gasteiger partial charge on any atom is -0.312 e. The van der Waals surface area contributed by atoms with E-state index in [1.165, 1.54) is 0 Å². The monoisotopic (exact) mass is 255 g/mol. The average molecular weight is 256 g/mol. The number of nitrogens with zero attached hydrogens (tertiary/aromatic N) is 3. The van der Waals surface area contributed by atoms with Crippen molar-refractivity contribution in [3.05, 3.63) is 35.0 Å². The summed E-state index contributed by atoms with van der Waals surface area (Å²) in [5.41, 5.74) is 0.646. The van der Waals surface area contributed by atoms with Gasteiger partial charge in [0, 0.05) is 24.3 Å². The van der Waals surface area contributed by atoms with Crippen molar-refractivity contribution >= 4 is 21.4 Å². The summed E-state index contributed by atoms with van der Waals surface area (Å²) in [4.78, 5) is 11.8. The molecule has 0 radical (unpaired) electrons. The van der Waals surface area contributed by atoms with Crippen LogP contribution in [0.25, 0.3) is 5.52 Å². The number of halogens is 1. The van der Waals surface area contributed by atoms with Crippen molar-refractivity contribution in [1.29, 1.82) is 0 Å². The Labute approximate surface area is 89.3 Å². The fourth-order valence-electron chi connectivity index (χ4n) is 1.37. The summed E-state index contributed by atoms with van der Waals surface area (Å²) in [6.07, 6.45) is 6.14. The van der Waals surface area contributed by atoms with Crippen molar-refractivity contribution in [2.75, 3.05) is 5.33 Å². The van der Waals surface area contributed by atoms with Crippen LogP contribution in [0.4, 0.5) is 0 Å². The highest BCUT2D eigenvalue weighted by Crippen LogP contribution is 1.96. The van der Waals surface area contributed by atoms with Crippen molar-refractivity contribution in [3.63, 3.8) is 0 Å². The second-order valence-electron chi connectivity index (χ2n) is 3.00. The number of alkyl halides is 1. The summed E-state index contributed by atoms with van der Waals surface area (Å²) >= 11 is 3.34. The Kier molecular flexibility index (Phi) is 2.67. The lowest BCUT2D eigenvalue weighted by molar-refractivity contribution is 0.654. The Morgan fingerprint density at radius 3 is 3.07 bits per heavy atom. The van der Waals surface area contributed by atoms with E-state index in [1.807, 2.05) is 0 Å². The Bertz CT molecular complexity index is 488. The zero-order chi connectivity index (χ0) is 9.97. The molecule has 0 aromatic carbocycles. The first kappa shape index (κ1) is 9.45. The summed E-state index contributed by atoms with van der Waals surface area (Å²) in [6, 6.07) is 1.73. The van der Waals surface area contributed by atoms with Crippen LogP contribution in [0.2, 0.25) is 0 Å². The molecule has 0 saturated heterocycles. The topological polar surface area (TPSA) is 39.3 Å². The predicted molar refractivity (Wildman–Crippen MR) is 57.9 cm³/mol. The van der Waals surface area contributed by atoms with Crippen LogP contribution in [0.15, 0.2) is 29.5 Å². The Morgan fingerprint density at radius 1 is 1.43 bits per heavy atom. The number of hydrogen-bond acceptors (Lipinski definition) is 2. The SMILES string of the molecule is O=c1c2ccnn2ccn1CCCBr. The summed E-state index contributed by atoms with van der Waals surface area (Å²) in [6.45, 7) is 0.742. The minimum absolute atomic E-state index is 0.0194. The molecule has 0 N–H and O–H groups in total. The molecule has 0 fully saturated rings. The molecule has 5 heteroatoms. The van der Waals surface area contributed by atoms with Gasteiger partial charge in [0.25, 0.3) is 5.56 Å². The highest BCUT2D eigenvalue weighted by molar-refractivity contribution is 9.09. The summed E-state index contributed by atoms with van der Waals surface area (Å²) in [5.74, 6) is 0. The van der Waals surface area contributed by atoms with Gasteiger partial charge in [-0.15, -0.1) is 0 Å². The first-order valence-electron chi connectivity index (χ1n) is 4.41. The minimum atomic E-state index is 0.0194. The van der Waals surface area contributed by atoms with Crippen molar-refractivity contribution in [2.45, 2.75) is 13.0 Å². The van der Waals surface area contributed by atoms with Gasteiger partial charge in [0.1, 0.15) is 5.52 Å². The van der Waals surface area contributed by atoms with Gasteiger partial charge in [0.15, 0.2) is 0 Å². The van der Waals surface area contributed by atoms with Crippen molar-refractivity contribution in [3.8, 4) is 0 Å². The fraction of sp³-hybridized carbons (Fsp3) is 0.333. The maximum Gasteiger partial charge on any atom is 0.276 e. The zero-order valence-corrected chi connectivity index (χ0v) is 9.14. The lowest BCUT2D eigenvalue weighted by atomic mass is 10.4. The number of rotatable bonds is 3. The molecule has 0 aliphatic heterocycles. The van der Waals surface area contributed by atoms with Crippen LogP contribution in [0.3, 0.4) is 0 Å². The molecule has 14 heavy (non-hydrogen) atoms. The van der Waals surface area contributed by atoms with E-state index in [0.717, 1.165) is 18.3 Å². The summed E-state index contributed by atoms with van der Waals surface area (Å²) in [7, 11) is 0. The third-order valence-corrected chi connectivity index (χ3v) is 2.63. The second-order valence-corrected chi connectivity index (χ2v) is 3.79. The first-order chi connectivity index (χ1) is 6.83. The maximum atomic E-state index is 11.8. The predicted octanol–water partition coefficient (Wildman–Crippen LogP) is 1.28. The van der Waals surface area contributed by atoms with Crippen LogP contribution in [0.5, 0.6) is 0 Å². The van der Waals surface area contributed by atoms with Crippen molar-refractivity contribution < 1.29 is 0 Å². The quantitative estimate of drug-likeness (QED) is 0.776. The Balaban J connectivity index is 2.46. The fourth-order valence-corrected chi connectivity index (χ4v) is 1.62. The zero-order valence-electron chi connectivity index (χ0n) is 7.56. The van der Waals surface area contributed by atoms with Gasteiger partial charge in [0.05, 0.1) is 6.20 Å². The van der Waals surface area contributed by atoms with Gasteiger partial charge in [-0.1, -0.05) is 15.9 Å². The molecule has 2 aromatic heterocycles. The van der Waals surface area contributed by atoms with Crippen molar-refractivity contribution in [2.24, 2.45) is 0 Å². The lowest BCUT2D eigenvalue weighted by Crippen LogP contribution is -2.21. The number of aromatic nitrogens is 3. The second kappa shape index (κ2) is 3.96. The molecule has 0 spiro atoms. The molecule has 2 heterocycles. The van der Waals surface area contributed by atoms with Crippen LogP contribution in [0.1, 0.15) is 6.42 Å². The molecule has 0 unspecified atom stereocenters. The molecule has 0 saturated carbocycles. The first-order valence-corrected chi connectivity index (χ1v) is 5.54. The third kappa shape index (κ3) is 1.59. The molecule has 0 aliphatic carbocycles. The Morgan fingerprint density at radius 2 is 2.29 bits per heavy atom.